The van der Waals surface area contributed by atoms with Gasteiger partial charge in [0.25, 0.3) is 0 Å². The van der Waals surface area contributed by atoms with E-state index < -0.39 is 12.1 Å². The number of hydrogen-bond acceptors (Lipinski definition) is 6. The minimum atomic E-state index is -4.23. The number of fused-ring (bicyclic) bond motifs is 1. The topological polar surface area (TPSA) is 85.8 Å². The largest absolute Gasteiger partial charge is 0.392 e. The van der Waals surface area contributed by atoms with Gasteiger partial charge in [0, 0.05) is 37.5 Å². The molecule has 0 radical (unpaired) electrons. The molecule has 1 saturated carbocycles. The maximum atomic E-state index is 13.4. The maximum absolute atomic E-state index is 13.4. The fraction of sp³-hybridized carbons (Fsp3) is 0.350. The number of nitrogens with zero attached hydrogens (tertiary/aromatic N) is 7. The van der Waals surface area contributed by atoms with Gasteiger partial charge in [-0.1, -0.05) is 0 Å². The molecular weight excluding hydrogens is 409 g/mol. The van der Waals surface area contributed by atoms with Gasteiger partial charge in [0.15, 0.2) is 5.65 Å². The lowest BCUT2D eigenvalue weighted by atomic mass is 9.98. The van der Waals surface area contributed by atoms with Crippen molar-refractivity contribution in [2.24, 2.45) is 18.9 Å². The zero-order chi connectivity index (χ0) is 21.6. The molecule has 1 fully saturated rings. The molecule has 4 aromatic rings. The number of pyridine rings is 1. The second kappa shape index (κ2) is 7.33. The van der Waals surface area contributed by atoms with Gasteiger partial charge >= 0.3 is 6.18 Å². The molecule has 0 bridgehead atoms. The molecule has 0 unspecified atom stereocenters. The number of alkyl halides is 3. The van der Waals surface area contributed by atoms with Crippen molar-refractivity contribution >= 4 is 17.4 Å². The SMILES string of the molecule is Cn1nccc1Nc1nccc(-c2ccn3c(C[C@H](C4CC4)C(F)(F)F)nnc3c2)n1. The number of nitrogens with one attached hydrogen (secondary N) is 1. The molecule has 1 aliphatic carbocycles. The van der Waals surface area contributed by atoms with Crippen molar-refractivity contribution in [3.05, 3.63) is 48.7 Å². The first-order chi connectivity index (χ1) is 14.9. The summed E-state index contributed by atoms with van der Waals surface area (Å²) in [6.45, 7) is 0. The van der Waals surface area contributed by atoms with Crippen molar-refractivity contribution in [3.63, 3.8) is 0 Å². The monoisotopic (exact) mass is 428 g/mol. The molecule has 0 saturated heterocycles. The second-order valence-corrected chi connectivity index (χ2v) is 7.68. The van der Waals surface area contributed by atoms with Gasteiger partial charge in [-0.15, -0.1) is 10.2 Å². The van der Waals surface area contributed by atoms with Crippen LogP contribution in [0.5, 0.6) is 0 Å². The van der Waals surface area contributed by atoms with Crippen LogP contribution in [-0.2, 0) is 13.5 Å². The molecule has 5 rings (SSSR count). The molecule has 11 heteroatoms. The first-order valence-electron chi connectivity index (χ1n) is 9.87. The smallest absolute Gasteiger partial charge is 0.309 e. The lowest BCUT2D eigenvalue weighted by Gasteiger charge is -2.18. The van der Waals surface area contributed by atoms with Crippen LogP contribution in [0.25, 0.3) is 16.9 Å². The number of halogens is 3. The lowest BCUT2D eigenvalue weighted by molar-refractivity contribution is -0.180. The van der Waals surface area contributed by atoms with Crippen molar-refractivity contribution in [3.8, 4) is 11.3 Å². The van der Waals surface area contributed by atoms with E-state index in [2.05, 4.69) is 30.6 Å². The summed E-state index contributed by atoms with van der Waals surface area (Å²) in [5.41, 5.74) is 1.89. The minimum Gasteiger partial charge on any atom is -0.309 e. The van der Waals surface area contributed by atoms with Crippen molar-refractivity contribution in [2.45, 2.75) is 25.4 Å². The molecule has 0 amide bonds. The van der Waals surface area contributed by atoms with Crippen LogP contribution >= 0.6 is 0 Å². The normalized spacial score (nSPS) is 15.4. The Morgan fingerprint density at radius 1 is 1.16 bits per heavy atom. The summed E-state index contributed by atoms with van der Waals surface area (Å²) in [6.07, 6.45) is 1.82. The Balaban J connectivity index is 1.41. The van der Waals surface area contributed by atoms with Gasteiger partial charge < -0.3 is 5.32 Å². The van der Waals surface area contributed by atoms with E-state index in [-0.39, 0.29) is 12.3 Å². The molecule has 0 aliphatic heterocycles. The highest BCUT2D eigenvalue weighted by atomic mass is 19.4. The lowest BCUT2D eigenvalue weighted by Crippen LogP contribution is -2.27. The van der Waals surface area contributed by atoms with Crippen LogP contribution in [0.4, 0.5) is 24.9 Å². The molecule has 0 aromatic carbocycles. The summed E-state index contributed by atoms with van der Waals surface area (Å²) < 4.78 is 43.5. The van der Waals surface area contributed by atoms with Crippen LogP contribution in [0.15, 0.2) is 42.9 Å². The summed E-state index contributed by atoms with van der Waals surface area (Å²) in [7, 11) is 1.80. The van der Waals surface area contributed by atoms with Crippen LogP contribution in [-0.4, -0.2) is 40.5 Å². The van der Waals surface area contributed by atoms with Crippen LogP contribution < -0.4 is 5.32 Å². The van der Waals surface area contributed by atoms with Gasteiger partial charge in [0.05, 0.1) is 17.8 Å². The number of rotatable bonds is 6. The molecule has 1 atom stereocenters. The number of aryl methyl sites for hydroxylation is 1. The Morgan fingerprint density at radius 3 is 2.71 bits per heavy atom. The summed E-state index contributed by atoms with van der Waals surface area (Å²) in [5.74, 6) is -0.220. The zero-order valence-corrected chi connectivity index (χ0v) is 16.6. The van der Waals surface area contributed by atoms with Crippen LogP contribution in [0.1, 0.15) is 18.7 Å². The highest BCUT2D eigenvalue weighted by molar-refractivity contribution is 5.65. The van der Waals surface area contributed by atoms with Gasteiger partial charge in [-0.3, -0.25) is 9.08 Å². The van der Waals surface area contributed by atoms with E-state index in [9.17, 15) is 13.2 Å². The van der Waals surface area contributed by atoms with Gasteiger partial charge in [-0.25, -0.2) is 9.97 Å². The Kier molecular flexibility index (Phi) is 4.60. The van der Waals surface area contributed by atoms with E-state index in [1.807, 2.05) is 0 Å². The fourth-order valence-electron chi connectivity index (χ4n) is 3.67. The van der Waals surface area contributed by atoms with Crippen LogP contribution in [0.3, 0.4) is 0 Å². The Labute approximate surface area is 175 Å². The minimum absolute atomic E-state index is 0.166. The second-order valence-electron chi connectivity index (χ2n) is 7.68. The summed E-state index contributed by atoms with van der Waals surface area (Å²) >= 11 is 0. The third-order valence-corrected chi connectivity index (χ3v) is 5.51. The highest BCUT2D eigenvalue weighted by Gasteiger charge is 2.49. The molecular formula is C20H19F3N8. The average Bonchev–Trinajstić information content (AvgIpc) is 3.38. The zero-order valence-electron chi connectivity index (χ0n) is 16.6. The van der Waals surface area contributed by atoms with E-state index in [0.29, 0.717) is 36.0 Å². The predicted molar refractivity (Wildman–Crippen MR) is 106 cm³/mol. The Morgan fingerprint density at radius 2 is 2.00 bits per heavy atom. The van der Waals surface area contributed by atoms with E-state index in [0.717, 1.165) is 11.4 Å². The summed E-state index contributed by atoms with van der Waals surface area (Å²) in [6, 6.07) is 7.10. The van der Waals surface area contributed by atoms with Gasteiger partial charge in [-0.2, -0.15) is 18.3 Å². The number of aromatic nitrogens is 7. The molecule has 1 N–H and O–H groups in total. The average molecular weight is 428 g/mol. The first-order valence-corrected chi connectivity index (χ1v) is 9.87. The van der Waals surface area contributed by atoms with Crippen molar-refractivity contribution in [1.82, 2.24) is 34.3 Å². The van der Waals surface area contributed by atoms with Gasteiger partial charge in [0.2, 0.25) is 5.95 Å². The van der Waals surface area contributed by atoms with Crippen LogP contribution in [0.2, 0.25) is 0 Å². The van der Waals surface area contributed by atoms with Gasteiger partial charge in [0.1, 0.15) is 11.6 Å². The molecule has 31 heavy (non-hydrogen) atoms. The van der Waals surface area contributed by atoms with E-state index in [1.54, 1.807) is 59.0 Å². The first kappa shape index (κ1) is 19.5. The molecule has 4 aromatic heterocycles. The predicted octanol–water partition coefficient (Wildman–Crippen LogP) is 3.79. The molecule has 160 valence electrons. The van der Waals surface area contributed by atoms with Crippen molar-refractivity contribution in [1.29, 1.82) is 0 Å². The standard InChI is InChI=1S/C20H19F3N8/c1-30-16(5-8-25-30)27-19-24-7-4-15(26-19)13-6-9-31-17(10-13)28-29-18(31)11-14(12-2-3-12)20(21,22)23/h4-10,12,14H,2-3,11H2,1H3,(H,24,26,27)/t14-/m1/s1. The van der Waals surface area contributed by atoms with E-state index in [1.165, 1.54) is 0 Å². The van der Waals surface area contributed by atoms with Crippen LogP contribution in [0, 0.1) is 11.8 Å². The van der Waals surface area contributed by atoms with Crippen molar-refractivity contribution < 1.29 is 13.2 Å². The fourth-order valence-corrected chi connectivity index (χ4v) is 3.67. The summed E-state index contributed by atoms with van der Waals surface area (Å²) in [5, 5.41) is 15.3. The van der Waals surface area contributed by atoms with Crippen molar-refractivity contribution in [2.75, 3.05) is 5.32 Å². The molecule has 1 aliphatic rings. The highest BCUT2D eigenvalue weighted by Crippen LogP contribution is 2.46. The van der Waals surface area contributed by atoms with E-state index in [4.69, 9.17) is 0 Å². The third kappa shape index (κ3) is 3.94. The van der Waals surface area contributed by atoms with Gasteiger partial charge in [-0.05, 0) is 37.0 Å². The van der Waals surface area contributed by atoms with E-state index >= 15 is 0 Å². The Hall–Kier alpha value is -3.50. The number of anilines is 2. The number of hydrogen-bond donors (Lipinski definition) is 1. The quantitative estimate of drug-likeness (QED) is 0.503. The summed E-state index contributed by atoms with van der Waals surface area (Å²) in [4.78, 5) is 8.74. The molecule has 0 spiro atoms. The maximum Gasteiger partial charge on any atom is 0.392 e. The molecule has 8 nitrogen and oxygen atoms in total. The third-order valence-electron chi connectivity index (χ3n) is 5.51. The molecule has 4 heterocycles. The Bertz CT molecular complexity index is 1220.